The molecule has 0 unspecified atom stereocenters. The Morgan fingerprint density at radius 3 is 1.13 bits per heavy atom. The standard InChI is InChI=1S/C15H10FNO4.3C15H14FNO4.C15H12FNO3.C15H14FNO3.C13H9ClFNO3/c1-8-6-17-7-11(15(19)20)13(18)12(14(17)21-8)9-2-4-10(16)5-3-9;1-17-7-11(15(19)20)14(18)13(12(17)8-21-2)9-3-5-10(16)6-4-9;1-8-5-9(16)3-4-10(8)13-12(7-18)17(2)6-11(14(13)19)15(20)21;1-2-17-7-11(15(20)21)14(19)13(12(17)8-18)9-3-5-10(16)6-4-9;16-10-5-3-9(4-6-10)13-12-2-1-7-17(12)8-11(14(13)18)15(19)20;1-8-6-10(16)4-5-11(8)12-7-17(3)9(2)13(14(12)18)15(19)20;1-16-6-9(13(18)19)11(17)10(12(16)14)7-2-4-8(15)5-3-7/h2-7H,1H3,(H,19,20);3-7H,8H2,1-2H3,(H,19,20);3-6,18H,7H2,1-2H3,(H,20,21);3-7,18H,2,8H2,1H3,(H,20,21);3-6,8H,1-2,7H2,(H,19,20);4-7H,1-3H3,(H,19,20);2-6H,1H3,(H,18,19). The second kappa shape index (κ2) is 46.4. The number of hydrogen-bond acceptors (Lipinski definition) is 18. The summed E-state index contributed by atoms with van der Waals surface area (Å²) < 4.78 is 112. The minimum Gasteiger partial charge on any atom is -0.477 e. The minimum absolute atomic E-state index is 0.0454. The molecule has 16 rings (SSSR count). The topological polar surface area (TPSA) is 477 Å². The number of halogens is 8. The summed E-state index contributed by atoms with van der Waals surface area (Å²) in [6.07, 6.45) is 12.1. The van der Waals surface area contributed by atoms with Crippen molar-refractivity contribution in [2.45, 2.75) is 80.4 Å². The van der Waals surface area contributed by atoms with Gasteiger partial charge in [0.15, 0.2) is 0 Å². The largest absolute Gasteiger partial charge is 0.477 e. The lowest BCUT2D eigenvalue weighted by atomic mass is 9.97. The number of aromatic nitrogens is 7. The summed E-state index contributed by atoms with van der Waals surface area (Å²) in [5, 5.41) is 82.9. The lowest BCUT2D eigenvalue weighted by Crippen LogP contribution is -2.23. The van der Waals surface area contributed by atoms with Gasteiger partial charge in [0.1, 0.15) is 90.6 Å². The number of methoxy groups -OCH3 is 1. The van der Waals surface area contributed by atoms with Crippen LogP contribution in [0.4, 0.5) is 30.7 Å². The van der Waals surface area contributed by atoms with E-state index in [-0.39, 0.29) is 95.7 Å². The molecule has 40 heteroatoms. The van der Waals surface area contributed by atoms with Crippen LogP contribution in [0.3, 0.4) is 0 Å². The summed E-state index contributed by atoms with van der Waals surface area (Å²) in [6.45, 7) is 8.70. The van der Waals surface area contributed by atoms with Gasteiger partial charge in [-0.05, 0) is 182 Å². The van der Waals surface area contributed by atoms with Crippen molar-refractivity contribution in [2.75, 3.05) is 7.11 Å². The van der Waals surface area contributed by atoms with Crippen molar-refractivity contribution in [1.82, 2.24) is 31.8 Å². The van der Waals surface area contributed by atoms with E-state index in [1.165, 1.54) is 226 Å². The van der Waals surface area contributed by atoms with Crippen LogP contribution < -0.4 is 38.0 Å². The molecule has 7 aromatic carbocycles. The molecule has 0 spiro atoms. The maximum Gasteiger partial charge on any atom is 0.341 e. The number of pyridine rings is 7. The number of aliphatic hydroxyl groups is 2. The van der Waals surface area contributed by atoms with Crippen LogP contribution in [0.5, 0.6) is 0 Å². The van der Waals surface area contributed by atoms with Gasteiger partial charge >= 0.3 is 41.8 Å². The summed E-state index contributed by atoms with van der Waals surface area (Å²) >= 11 is 6.03. The van der Waals surface area contributed by atoms with Gasteiger partial charge in [-0.1, -0.05) is 84.4 Å². The molecule has 9 heterocycles. The average Bonchev–Trinajstić information content (AvgIpc) is 1.61. The average molecular weight is 1990 g/mol. The van der Waals surface area contributed by atoms with Crippen molar-refractivity contribution in [3.05, 3.63) is 409 Å². The molecule has 0 radical (unpaired) electrons. The second-order valence-electron chi connectivity index (χ2n) is 31.8. The number of carbonyl (C=O) groups is 7. The molecule has 0 aliphatic carbocycles. The second-order valence-corrected chi connectivity index (χ2v) is 32.2. The van der Waals surface area contributed by atoms with Gasteiger partial charge < -0.3 is 82.5 Å². The van der Waals surface area contributed by atoms with Crippen LogP contribution in [0.25, 0.3) is 83.6 Å². The number of carboxylic acid groups (broad SMARTS) is 7. The molecule has 0 fully saturated rings. The van der Waals surface area contributed by atoms with Gasteiger partial charge in [0, 0.05) is 114 Å². The molecule has 9 N–H and O–H groups in total. The Labute approximate surface area is 808 Å². The lowest BCUT2D eigenvalue weighted by Gasteiger charge is -2.15. The summed E-state index contributed by atoms with van der Waals surface area (Å²) in [6, 6.07) is 34.3. The Hall–Kier alpha value is -17.3. The molecule has 0 saturated heterocycles. The van der Waals surface area contributed by atoms with Crippen LogP contribution in [0.15, 0.2) is 245 Å². The fourth-order valence-electron chi connectivity index (χ4n) is 15.5. The van der Waals surface area contributed by atoms with E-state index in [0.29, 0.717) is 91.6 Å². The van der Waals surface area contributed by atoms with Crippen LogP contribution in [0.1, 0.15) is 131 Å². The fourth-order valence-corrected chi connectivity index (χ4v) is 15.7. The highest BCUT2D eigenvalue weighted by Gasteiger charge is 2.29. The highest BCUT2D eigenvalue weighted by atomic mass is 35.5. The highest BCUT2D eigenvalue weighted by Crippen LogP contribution is 2.33. The van der Waals surface area contributed by atoms with E-state index in [4.69, 9.17) is 51.4 Å². The van der Waals surface area contributed by atoms with Crippen molar-refractivity contribution in [3.63, 3.8) is 0 Å². The van der Waals surface area contributed by atoms with Gasteiger partial charge in [0.05, 0.1) is 70.9 Å². The number of oxazole rings is 1. The van der Waals surface area contributed by atoms with Crippen molar-refractivity contribution in [1.29, 1.82) is 0 Å². The van der Waals surface area contributed by atoms with E-state index in [9.17, 15) is 113 Å². The first-order chi connectivity index (χ1) is 67.6. The van der Waals surface area contributed by atoms with E-state index < -0.39 is 133 Å². The summed E-state index contributed by atoms with van der Waals surface area (Å²) in [5.74, 6) is -11.6. The smallest absolute Gasteiger partial charge is 0.341 e. The first kappa shape index (κ1) is 108. The summed E-state index contributed by atoms with van der Waals surface area (Å²) in [7, 11) is 7.85. The minimum atomic E-state index is -1.35. The molecule has 8 aromatic heterocycles. The van der Waals surface area contributed by atoms with E-state index in [1.807, 2.05) is 4.57 Å². The van der Waals surface area contributed by atoms with E-state index in [1.54, 1.807) is 72.7 Å². The van der Waals surface area contributed by atoms with Crippen molar-refractivity contribution < 1.29 is 119 Å². The van der Waals surface area contributed by atoms with Crippen LogP contribution in [-0.4, -0.2) is 127 Å². The van der Waals surface area contributed by atoms with Crippen molar-refractivity contribution in [2.24, 2.45) is 28.2 Å². The van der Waals surface area contributed by atoms with Gasteiger partial charge in [-0.3, -0.25) is 38.0 Å². The monoisotopic (exact) mass is 1990 g/mol. The van der Waals surface area contributed by atoms with Crippen molar-refractivity contribution >= 4 is 59.1 Å². The predicted molar refractivity (Wildman–Crippen MR) is 511 cm³/mol. The number of aryl methyl sites for hydroxylation is 9. The van der Waals surface area contributed by atoms with Crippen LogP contribution in [0.2, 0.25) is 5.15 Å². The Morgan fingerprint density at radius 1 is 0.371 bits per heavy atom. The number of nitrogens with zero attached hydrogens (tertiary/aromatic N) is 7. The lowest BCUT2D eigenvalue weighted by molar-refractivity contribution is 0.0683. The maximum atomic E-state index is 13.2. The van der Waals surface area contributed by atoms with Crippen LogP contribution in [-0.2, 0) is 72.3 Å². The zero-order valence-electron chi connectivity index (χ0n) is 77.3. The van der Waals surface area contributed by atoms with Crippen LogP contribution >= 0.6 is 11.6 Å². The third kappa shape index (κ3) is 24.3. The molecular weight excluding hydrogens is 1900 g/mol. The number of rotatable bonds is 19. The molecular formula is C103H87ClF7N7O25. The number of benzene rings is 7. The molecule has 0 bridgehead atoms. The molecule has 0 amide bonds. The van der Waals surface area contributed by atoms with Gasteiger partial charge in [-0.2, -0.15) is 0 Å². The Bertz CT molecular complexity index is 7980. The first-order valence-electron chi connectivity index (χ1n) is 42.5. The molecule has 1 aliphatic heterocycles. The Balaban J connectivity index is 0.000000171. The number of ether oxygens (including phenoxy) is 1. The molecule has 740 valence electrons. The zero-order valence-corrected chi connectivity index (χ0v) is 78.0. The number of aromatic carboxylic acids is 7. The van der Waals surface area contributed by atoms with Gasteiger partial charge in [-0.15, -0.1) is 0 Å². The highest BCUT2D eigenvalue weighted by molar-refractivity contribution is 6.32. The molecule has 0 saturated carbocycles. The zero-order chi connectivity index (χ0) is 105. The number of carboxylic acids is 7. The molecule has 0 atom stereocenters. The maximum absolute atomic E-state index is 13.2. The quantitative estimate of drug-likeness (QED) is 0.0268. The van der Waals surface area contributed by atoms with Gasteiger partial charge in [0.2, 0.25) is 43.7 Å². The SMILES string of the molecule is CCn1cc(C(=O)O)c(=O)c(-c2ccc(F)cc2)c1CO.COCc1c(-c2ccc(F)cc2)c(=O)c(C(=O)O)cn1C.Cc1cc(F)ccc1-c1c(CO)n(C)cc(C(=O)O)c1=O.Cc1cc(F)ccc1-c1cn(C)c(C)c(C(=O)O)c1=O.Cc1cn2cc(C(=O)O)c(=O)c(-c3ccc(F)cc3)c2o1.Cn1cc(C(=O)O)c(=O)c(-c2ccc(F)cc2)c1Cl.O=C(O)c1cn2c(c(-c3ccc(F)cc3)c1=O)CCC2. The molecule has 1 aliphatic rings. The van der Waals surface area contributed by atoms with E-state index in [0.717, 1.165) is 24.7 Å². The normalized spacial score (nSPS) is 11.0. The summed E-state index contributed by atoms with van der Waals surface area (Å²) in [4.78, 5) is 164. The third-order valence-corrected chi connectivity index (χ3v) is 23.0. The number of fused-ring (bicyclic) bond motifs is 2. The third-order valence-electron chi connectivity index (χ3n) is 22.5. The first-order valence-corrected chi connectivity index (χ1v) is 42.9. The van der Waals surface area contributed by atoms with E-state index in [2.05, 4.69) is 0 Å². The Kier molecular flexibility index (Phi) is 35.0. The predicted octanol–water partition coefficient (Wildman–Crippen LogP) is 15.6. The fraction of sp³-hybridized carbons (Fsp3) is 0.165. The van der Waals surface area contributed by atoms with E-state index >= 15 is 0 Å². The Morgan fingerprint density at radius 2 is 0.720 bits per heavy atom. The molecule has 15 aromatic rings. The van der Waals surface area contributed by atoms with Crippen molar-refractivity contribution in [3.8, 4) is 77.9 Å². The van der Waals surface area contributed by atoms with Gasteiger partial charge in [-0.25, -0.2) is 64.3 Å². The van der Waals surface area contributed by atoms with Crippen LogP contribution in [0, 0.1) is 68.4 Å². The number of hydrogen-bond donors (Lipinski definition) is 9. The summed E-state index contributed by atoms with van der Waals surface area (Å²) in [5.41, 5.74) is 1.10. The number of aliphatic hydroxyl groups excluding tert-OH is 2. The molecule has 143 heavy (non-hydrogen) atoms. The van der Waals surface area contributed by atoms with Gasteiger partial charge in [0.25, 0.3) is 0 Å². The molecule has 32 nitrogen and oxygen atoms in total.